The van der Waals surface area contributed by atoms with Crippen molar-refractivity contribution in [3.8, 4) is 0 Å². The first-order valence-electron chi connectivity index (χ1n) is 12.1. The molecule has 2 heterocycles. The van der Waals surface area contributed by atoms with E-state index in [0.29, 0.717) is 12.8 Å². The number of imide groups is 1. The SMILES string of the molecule is Cc1cccc(Cc2nc(C(=O)C(NC(=O)CN3C(=O)NC(Cc4ccccc4)C3=O)C(C)C)no2)c1. The Balaban J connectivity index is 1.37. The third kappa shape index (κ3) is 6.27. The van der Waals surface area contributed by atoms with Gasteiger partial charge in [-0.1, -0.05) is 79.2 Å². The molecular weight excluding hydrogens is 474 g/mol. The number of Topliss-reactive ketones (excluding diaryl/α,β-unsaturated/α-hetero) is 1. The van der Waals surface area contributed by atoms with Gasteiger partial charge in [0, 0.05) is 6.42 Å². The number of aromatic nitrogens is 2. The minimum atomic E-state index is -0.960. The first kappa shape index (κ1) is 25.7. The van der Waals surface area contributed by atoms with Crippen molar-refractivity contribution >= 4 is 23.6 Å². The average Bonchev–Trinajstić information content (AvgIpc) is 3.42. The van der Waals surface area contributed by atoms with Crippen molar-refractivity contribution in [2.75, 3.05) is 6.54 Å². The van der Waals surface area contributed by atoms with E-state index in [1.54, 1.807) is 13.8 Å². The van der Waals surface area contributed by atoms with Crippen molar-refractivity contribution < 1.29 is 23.7 Å². The molecule has 1 fully saturated rings. The Bertz CT molecular complexity index is 1300. The highest BCUT2D eigenvalue weighted by atomic mass is 16.5. The Kier molecular flexibility index (Phi) is 7.76. The summed E-state index contributed by atoms with van der Waals surface area (Å²) in [6.45, 7) is 5.00. The van der Waals surface area contributed by atoms with Gasteiger partial charge in [-0.05, 0) is 24.0 Å². The van der Waals surface area contributed by atoms with Gasteiger partial charge in [-0.25, -0.2) is 4.79 Å². The van der Waals surface area contributed by atoms with Gasteiger partial charge in [0.05, 0.1) is 12.5 Å². The van der Waals surface area contributed by atoms with Crippen LogP contribution in [0.15, 0.2) is 59.1 Å². The number of carbonyl (C=O) groups is 4. The second-order valence-electron chi connectivity index (χ2n) is 9.45. The Labute approximate surface area is 214 Å². The number of rotatable bonds is 10. The molecule has 10 nitrogen and oxygen atoms in total. The van der Waals surface area contributed by atoms with E-state index in [4.69, 9.17) is 4.52 Å². The molecule has 10 heteroatoms. The second-order valence-corrected chi connectivity index (χ2v) is 9.45. The van der Waals surface area contributed by atoms with E-state index in [9.17, 15) is 19.2 Å². The third-order valence-electron chi connectivity index (χ3n) is 6.08. The number of benzene rings is 2. The average molecular weight is 504 g/mol. The van der Waals surface area contributed by atoms with Crippen LogP contribution in [0.1, 0.15) is 47.0 Å². The highest BCUT2D eigenvalue weighted by molar-refractivity contribution is 6.07. The molecule has 4 amide bonds. The summed E-state index contributed by atoms with van der Waals surface area (Å²) in [5.41, 5.74) is 2.95. The van der Waals surface area contributed by atoms with Crippen LogP contribution in [-0.2, 0) is 22.4 Å². The summed E-state index contributed by atoms with van der Waals surface area (Å²) in [6, 6.07) is 14.7. The van der Waals surface area contributed by atoms with Crippen molar-refractivity contribution in [2.24, 2.45) is 5.92 Å². The molecule has 0 spiro atoms. The van der Waals surface area contributed by atoms with E-state index in [0.717, 1.165) is 21.6 Å². The van der Waals surface area contributed by atoms with Gasteiger partial charge >= 0.3 is 6.03 Å². The maximum absolute atomic E-state index is 13.1. The summed E-state index contributed by atoms with van der Waals surface area (Å²) in [6.07, 6.45) is 0.691. The molecular formula is C27H29N5O5. The number of amides is 4. The standard InChI is InChI=1S/C27H29N5O5/c1-16(2)23(24(34)25-30-22(37-31-25)14-19-11-7-8-17(3)12-19)29-21(33)15-32-26(35)20(28-27(32)36)13-18-9-5-4-6-10-18/h4-12,16,20,23H,13-15H2,1-3H3,(H,28,36)(H,29,33). The topological polar surface area (TPSA) is 134 Å². The molecule has 4 rings (SSSR count). The van der Waals surface area contributed by atoms with Gasteiger partial charge in [-0.3, -0.25) is 19.3 Å². The first-order valence-corrected chi connectivity index (χ1v) is 12.1. The summed E-state index contributed by atoms with van der Waals surface area (Å²) in [5.74, 6) is -1.80. The zero-order chi connectivity index (χ0) is 26.5. The molecule has 2 atom stereocenters. The lowest BCUT2D eigenvalue weighted by molar-refractivity contribution is -0.132. The zero-order valence-electron chi connectivity index (χ0n) is 20.9. The van der Waals surface area contributed by atoms with Crippen molar-refractivity contribution in [3.05, 3.63) is 83.0 Å². The predicted octanol–water partition coefficient (Wildman–Crippen LogP) is 2.46. The fraction of sp³-hybridized carbons (Fsp3) is 0.333. The van der Waals surface area contributed by atoms with Crippen LogP contribution < -0.4 is 10.6 Å². The molecule has 0 bridgehead atoms. The lowest BCUT2D eigenvalue weighted by Crippen LogP contribution is -2.49. The highest BCUT2D eigenvalue weighted by Crippen LogP contribution is 2.15. The van der Waals surface area contributed by atoms with Crippen LogP contribution in [0.4, 0.5) is 4.79 Å². The number of nitrogens with zero attached hydrogens (tertiary/aromatic N) is 3. The molecule has 2 unspecified atom stereocenters. The smallest absolute Gasteiger partial charge is 0.325 e. The highest BCUT2D eigenvalue weighted by Gasteiger charge is 2.39. The molecule has 1 saturated heterocycles. The Morgan fingerprint density at radius 3 is 2.51 bits per heavy atom. The zero-order valence-corrected chi connectivity index (χ0v) is 20.9. The molecule has 3 aromatic rings. The number of hydrogen-bond donors (Lipinski definition) is 2. The van der Waals surface area contributed by atoms with Crippen LogP contribution >= 0.6 is 0 Å². The van der Waals surface area contributed by atoms with Crippen molar-refractivity contribution in [1.29, 1.82) is 0 Å². The molecule has 1 aliphatic rings. The summed E-state index contributed by atoms with van der Waals surface area (Å²) in [4.78, 5) is 56.1. The fourth-order valence-corrected chi connectivity index (χ4v) is 4.17. The number of aryl methyl sites for hydroxylation is 1. The number of carbonyl (C=O) groups excluding carboxylic acids is 4. The summed E-state index contributed by atoms with van der Waals surface area (Å²) in [5, 5.41) is 9.05. The van der Waals surface area contributed by atoms with Gasteiger partial charge in [0.2, 0.25) is 23.4 Å². The van der Waals surface area contributed by atoms with E-state index in [1.165, 1.54) is 0 Å². The molecule has 2 N–H and O–H groups in total. The van der Waals surface area contributed by atoms with Crippen LogP contribution in [0.5, 0.6) is 0 Å². The van der Waals surface area contributed by atoms with Crippen molar-refractivity contribution in [2.45, 2.75) is 45.7 Å². The minimum absolute atomic E-state index is 0.139. The van der Waals surface area contributed by atoms with Gasteiger partial charge in [0.1, 0.15) is 12.6 Å². The number of urea groups is 1. The summed E-state index contributed by atoms with van der Waals surface area (Å²) in [7, 11) is 0. The number of nitrogens with one attached hydrogen (secondary N) is 2. The number of hydrogen-bond acceptors (Lipinski definition) is 7. The quantitative estimate of drug-likeness (QED) is 0.321. The van der Waals surface area contributed by atoms with Crippen molar-refractivity contribution in [1.82, 2.24) is 25.7 Å². The third-order valence-corrected chi connectivity index (χ3v) is 6.08. The lowest BCUT2D eigenvalue weighted by Gasteiger charge is -2.21. The van der Waals surface area contributed by atoms with Crippen molar-refractivity contribution in [3.63, 3.8) is 0 Å². The molecule has 0 saturated carbocycles. The maximum atomic E-state index is 13.1. The minimum Gasteiger partial charge on any atom is -0.344 e. The Morgan fingerprint density at radius 2 is 1.81 bits per heavy atom. The first-order chi connectivity index (χ1) is 17.7. The summed E-state index contributed by atoms with van der Waals surface area (Å²) < 4.78 is 5.26. The molecule has 2 aromatic carbocycles. The molecule has 0 radical (unpaired) electrons. The van der Waals surface area contributed by atoms with Gasteiger partial charge in [0.25, 0.3) is 5.91 Å². The van der Waals surface area contributed by atoms with E-state index < -0.39 is 42.3 Å². The Morgan fingerprint density at radius 1 is 1.08 bits per heavy atom. The van der Waals surface area contributed by atoms with Gasteiger partial charge < -0.3 is 15.2 Å². The van der Waals surface area contributed by atoms with Crippen LogP contribution in [0, 0.1) is 12.8 Å². The Hall–Kier alpha value is -4.34. The van der Waals surface area contributed by atoms with E-state index in [1.807, 2.05) is 61.5 Å². The van der Waals surface area contributed by atoms with Crippen LogP contribution in [-0.4, -0.2) is 57.3 Å². The van der Waals surface area contributed by atoms with Crippen LogP contribution in [0.3, 0.4) is 0 Å². The van der Waals surface area contributed by atoms with Gasteiger partial charge in [-0.2, -0.15) is 4.98 Å². The largest absolute Gasteiger partial charge is 0.344 e. The van der Waals surface area contributed by atoms with E-state index >= 15 is 0 Å². The maximum Gasteiger partial charge on any atom is 0.325 e. The molecule has 37 heavy (non-hydrogen) atoms. The predicted molar refractivity (Wildman–Crippen MR) is 134 cm³/mol. The van der Waals surface area contributed by atoms with Crippen LogP contribution in [0.25, 0.3) is 0 Å². The lowest BCUT2D eigenvalue weighted by atomic mass is 9.99. The van der Waals surface area contributed by atoms with Gasteiger partial charge in [0.15, 0.2) is 0 Å². The normalized spacial score (nSPS) is 16.1. The molecule has 0 aliphatic carbocycles. The second kappa shape index (κ2) is 11.2. The van der Waals surface area contributed by atoms with E-state index in [2.05, 4.69) is 20.8 Å². The summed E-state index contributed by atoms with van der Waals surface area (Å²) >= 11 is 0. The van der Waals surface area contributed by atoms with Crippen LogP contribution in [0.2, 0.25) is 0 Å². The number of ketones is 1. The van der Waals surface area contributed by atoms with E-state index in [-0.39, 0.29) is 17.6 Å². The van der Waals surface area contributed by atoms with Gasteiger partial charge in [-0.15, -0.1) is 0 Å². The molecule has 1 aliphatic heterocycles. The monoisotopic (exact) mass is 503 g/mol. The molecule has 192 valence electrons. The molecule has 1 aromatic heterocycles. The fourth-order valence-electron chi connectivity index (χ4n) is 4.17.